The second kappa shape index (κ2) is 11.0. The molecule has 0 bridgehead atoms. The van der Waals surface area contributed by atoms with Crippen LogP contribution in [-0.2, 0) is 9.53 Å². The number of carbonyl (C=O) groups excluding carboxylic acids is 1. The molecular formula is C25H30FN3O3S. The second-order valence-electron chi connectivity index (χ2n) is 8.45. The van der Waals surface area contributed by atoms with Gasteiger partial charge in [0.05, 0.1) is 17.9 Å². The fourth-order valence-corrected chi connectivity index (χ4v) is 4.82. The number of amides is 1. The predicted octanol–water partition coefficient (Wildman–Crippen LogP) is 4.69. The molecule has 33 heavy (non-hydrogen) atoms. The topological polar surface area (TPSA) is 54.9 Å². The molecule has 0 aliphatic carbocycles. The highest BCUT2D eigenvalue weighted by atomic mass is 32.1. The summed E-state index contributed by atoms with van der Waals surface area (Å²) in [5, 5.41) is 0.501. The minimum absolute atomic E-state index is 0.100. The zero-order valence-electron chi connectivity index (χ0n) is 19.1. The average molecular weight is 472 g/mol. The van der Waals surface area contributed by atoms with Crippen LogP contribution in [0, 0.1) is 5.82 Å². The lowest BCUT2D eigenvalue weighted by Gasteiger charge is -2.27. The third-order valence-electron chi connectivity index (χ3n) is 5.76. The van der Waals surface area contributed by atoms with Gasteiger partial charge < -0.3 is 9.47 Å². The van der Waals surface area contributed by atoms with E-state index in [1.165, 1.54) is 23.0 Å². The highest BCUT2D eigenvalue weighted by molar-refractivity contribution is 7.22. The van der Waals surface area contributed by atoms with E-state index in [9.17, 15) is 9.18 Å². The Kier molecular flexibility index (Phi) is 7.90. The van der Waals surface area contributed by atoms with Crippen molar-refractivity contribution in [2.45, 2.75) is 26.2 Å². The molecule has 0 spiro atoms. The van der Waals surface area contributed by atoms with E-state index in [1.807, 2.05) is 30.3 Å². The minimum Gasteiger partial charge on any atom is -0.484 e. The Hall–Kier alpha value is -2.55. The molecular weight excluding hydrogens is 441 g/mol. The van der Waals surface area contributed by atoms with E-state index >= 15 is 0 Å². The van der Waals surface area contributed by atoms with Crippen molar-refractivity contribution in [2.75, 3.05) is 50.9 Å². The van der Waals surface area contributed by atoms with Crippen LogP contribution >= 0.6 is 11.3 Å². The Morgan fingerprint density at radius 2 is 1.97 bits per heavy atom. The van der Waals surface area contributed by atoms with Crippen LogP contribution in [-0.4, -0.2) is 61.8 Å². The fraction of sp³-hybridized carbons (Fsp3) is 0.440. The summed E-state index contributed by atoms with van der Waals surface area (Å²) >= 11 is 1.33. The van der Waals surface area contributed by atoms with E-state index in [2.05, 4.69) is 23.7 Å². The Morgan fingerprint density at radius 1 is 1.21 bits per heavy atom. The van der Waals surface area contributed by atoms with Crippen molar-refractivity contribution in [3.63, 3.8) is 0 Å². The molecule has 176 valence electrons. The number of thiazole rings is 1. The maximum Gasteiger partial charge on any atom is 0.266 e. The zero-order chi connectivity index (χ0) is 23.2. The van der Waals surface area contributed by atoms with Gasteiger partial charge in [0.15, 0.2) is 11.7 Å². The normalized spacial score (nSPS) is 14.7. The lowest BCUT2D eigenvalue weighted by molar-refractivity contribution is -0.120. The summed E-state index contributed by atoms with van der Waals surface area (Å²) in [6.45, 7) is 8.80. The van der Waals surface area contributed by atoms with Gasteiger partial charge in [-0.25, -0.2) is 9.37 Å². The van der Waals surface area contributed by atoms with Gasteiger partial charge in [-0.3, -0.25) is 14.6 Å². The van der Waals surface area contributed by atoms with Gasteiger partial charge >= 0.3 is 0 Å². The van der Waals surface area contributed by atoms with Crippen LogP contribution in [0.1, 0.15) is 31.7 Å². The third-order valence-corrected chi connectivity index (χ3v) is 6.80. The summed E-state index contributed by atoms with van der Waals surface area (Å²) in [6.07, 6.45) is 0.785. The molecule has 0 N–H and O–H groups in total. The van der Waals surface area contributed by atoms with Crippen molar-refractivity contribution in [3.05, 3.63) is 53.8 Å². The molecule has 8 heteroatoms. The van der Waals surface area contributed by atoms with Crippen molar-refractivity contribution >= 4 is 32.6 Å². The van der Waals surface area contributed by atoms with Gasteiger partial charge in [0.1, 0.15) is 17.1 Å². The molecule has 0 atom stereocenters. The standard InChI is InChI=1S/C25H30FN3O3S/c1-18(2)19-7-9-20(10-8-19)32-17-23(30)29(12-4-11-28-13-15-31-16-14-28)25-27-24-21(26)5-3-6-22(24)33-25/h3,5-10,18H,4,11-17H2,1-2H3. The third kappa shape index (κ3) is 6.07. The maximum absolute atomic E-state index is 14.2. The molecule has 1 saturated heterocycles. The van der Waals surface area contributed by atoms with Gasteiger partial charge in [-0.05, 0) is 42.2 Å². The van der Waals surface area contributed by atoms with Gasteiger partial charge in [-0.15, -0.1) is 0 Å². The summed E-state index contributed by atoms with van der Waals surface area (Å²) in [5.41, 5.74) is 1.52. The van der Waals surface area contributed by atoms with E-state index in [1.54, 1.807) is 11.0 Å². The molecule has 0 saturated carbocycles. The molecule has 0 radical (unpaired) electrons. The number of halogens is 1. The smallest absolute Gasteiger partial charge is 0.266 e. The molecule has 1 fully saturated rings. The number of carbonyl (C=O) groups is 1. The van der Waals surface area contributed by atoms with Gasteiger partial charge in [-0.1, -0.05) is 43.4 Å². The highest BCUT2D eigenvalue weighted by Gasteiger charge is 2.22. The van der Waals surface area contributed by atoms with E-state index in [4.69, 9.17) is 9.47 Å². The first kappa shape index (κ1) is 23.6. The Bertz CT molecular complexity index is 1060. The van der Waals surface area contributed by atoms with Crippen molar-refractivity contribution in [1.82, 2.24) is 9.88 Å². The first-order chi connectivity index (χ1) is 16.0. The first-order valence-electron chi connectivity index (χ1n) is 11.4. The number of aromatic nitrogens is 1. The van der Waals surface area contributed by atoms with E-state index in [0.29, 0.717) is 28.9 Å². The highest BCUT2D eigenvalue weighted by Crippen LogP contribution is 2.30. The molecule has 1 amide bonds. The monoisotopic (exact) mass is 471 g/mol. The number of hydrogen-bond acceptors (Lipinski definition) is 6. The van der Waals surface area contributed by atoms with Gasteiger partial charge in [0.2, 0.25) is 0 Å². The van der Waals surface area contributed by atoms with Crippen LogP contribution < -0.4 is 9.64 Å². The molecule has 4 rings (SSSR count). The van der Waals surface area contributed by atoms with E-state index < -0.39 is 0 Å². The van der Waals surface area contributed by atoms with Crippen molar-refractivity contribution in [3.8, 4) is 5.75 Å². The Labute approximate surface area is 197 Å². The molecule has 1 aliphatic rings. The number of hydrogen-bond donors (Lipinski definition) is 0. The number of rotatable bonds is 9. The molecule has 3 aromatic rings. The largest absolute Gasteiger partial charge is 0.484 e. The molecule has 0 unspecified atom stereocenters. The van der Waals surface area contributed by atoms with Crippen molar-refractivity contribution in [2.24, 2.45) is 0 Å². The molecule has 2 heterocycles. The summed E-state index contributed by atoms with van der Waals surface area (Å²) in [6, 6.07) is 12.7. The summed E-state index contributed by atoms with van der Waals surface area (Å²) in [4.78, 5) is 21.6. The molecule has 1 aromatic heterocycles. The van der Waals surface area contributed by atoms with Gasteiger partial charge in [-0.2, -0.15) is 0 Å². The van der Waals surface area contributed by atoms with Gasteiger partial charge in [0.25, 0.3) is 5.91 Å². The zero-order valence-corrected chi connectivity index (χ0v) is 19.9. The lowest BCUT2D eigenvalue weighted by atomic mass is 10.0. The van der Waals surface area contributed by atoms with Crippen LogP contribution in [0.15, 0.2) is 42.5 Å². The average Bonchev–Trinajstić information content (AvgIpc) is 3.26. The van der Waals surface area contributed by atoms with Crippen LogP contribution in [0.5, 0.6) is 5.75 Å². The number of benzene rings is 2. The Morgan fingerprint density at radius 3 is 2.67 bits per heavy atom. The van der Waals surface area contributed by atoms with Gasteiger partial charge in [0, 0.05) is 26.2 Å². The van der Waals surface area contributed by atoms with E-state index in [0.717, 1.165) is 44.0 Å². The lowest BCUT2D eigenvalue weighted by Crippen LogP contribution is -2.40. The number of morpholine rings is 1. The quantitative estimate of drug-likeness (QED) is 0.453. The van der Waals surface area contributed by atoms with Crippen LogP contribution in [0.25, 0.3) is 10.2 Å². The first-order valence-corrected chi connectivity index (χ1v) is 12.2. The predicted molar refractivity (Wildman–Crippen MR) is 130 cm³/mol. The molecule has 1 aliphatic heterocycles. The summed E-state index contributed by atoms with van der Waals surface area (Å²) < 4.78 is 26.1. The SMILES string of the molecule is CC(C)c1ccc(OCC(=O)N(CCCN2CCOCC2)c2nc3c(F)cccc3s2)cc1. The number of para-hydroxylation sites is 1. The Balaban J connectivity index is 1.45. The van der Waals surface area contributed by atoms with Crippen molar-refractivity contribution < 1.29 is 18.7 Å². The number of fused-ring (bicyclic) bond motifs is 1. The van der Waals surface area contributed by atoms with Crippen LogP contribution in [0.2, 0.25) is 0 Å². The number of anilines is 1. The van der Waals surface area contributed by atoms with Crippen LogP contribution in [0.3, 0.4) is 0 Å². The van der Waals surface area contributed by atoms with E-state index in [-0.39, 0.29) is 18.3 Å². The maximum atomic E-state index is 14.2. The van der Waals surface area contributed by atoms with Crippen molar-refractivity contribution in [1.29, 1.82) is 0 Å². The summed E-state index contributed by atoms with van der Waals surface area (Å²) in [5.74, 6) is 0.514. The number of ether oxygens (including phenoxy) is 2. The second-order valence-corrected chi connectivity index (χ2v) is 9.46. The minimum atomic E-state index is -0.378. The summed E-state index contributed by atoms with van der Waals surface area (Å²) in [7, 11) is 0. The number of nitrogens with zero attached hydrogens (tertiary/aromatic N) is 3. The molecule has 2 aromatic carbocycles. The van der Waals surface area contributed by atoms with Crippen LogP contribution in [0.4, 0.5) is 9.52 Å². The fourth-order valence-electron chi connectivity index (χ4n) is 3.79. The molecule has 6 nitrogen and oxygen atoms in total.